The number of amides is 1. The Labute approximate surface area is 115 Å². The van der Waals surface area contributed by atoms with E-state index >= 15 is 0 Å². The third-order valence-corrected chi connectivity index (χ3v) is 3.10. The van der Waals surface area contributed by atoms with Gasteiger partial charge in [-0.25, -0.2) is 9.59 Å². The molecule has 5 nitrogen and oxygen atoms in total. The molecule has 0 aromatic heterocycles. The van der Waals surface area contributed by atoms with Crippen molar-refractivity contribution < 1.29 is 19.1 Å². The van der Waals surface area contributed by atoms with Crippen LogP contribution >= 0.6 is 0 Å². The Kier molecular flexibility index (Phi) is 5.20. The first-order chi connectivity index (χ1) is 8.74. The molecule has 0 saturated heterocycles. The lowest BCUT2D eigenvalue weighted by Gasteiger charge is -2.26. The Balaban J connectivity index is 2.62. The Morgan fingerprint density at radius 2 is 1.89 bits per heavy atom. The fourth-order valence-electron chi connectivity index (χ4n) is 1.97. The van der Waals surface area contributed by atoms with Crippen molar-refractivity contribution in [1.29, 1.82) is 0 Å². The number of esters is 1. The van der Waals surface area contributed by atoms with Crippen molar-refractivity contribution in [2.45, 2.75) is 59.1 Å². The van der Waals surface area contributed by atoms with Crippen LogP contribution in [0.3, 0.4) is 0 Å². The molecular formula is C14H25NO4. The average Bonchev–Trinajstić information content (AvgIpc) is 3.06. The van der Waals surface area contributed by atoms with E-state index in [2.05, 4.69) is 5.32 Å². The Hall–Kier alpha value is -1.26. The van der Waals surface area contributed by atoms with Crippen LogP contribution in [0.5, 0.6) is 0 Å². The lowest BCUT2D eigenvalue weighted by atomic mass is 9.97. The molecule has 1 rings (SSSR count). The summed E-state index contributed by atoms with van der Waals surface area (Å²) in [5.74, 6) is 0.184. The van der Waals surface area contributed by atoms with Gasteiger partial charge in [0.05, 0.1) is 6.61 Å². The topological polar surface area (TPSA) is 64.6 Å². The van der Waals surface area contributed by atoms with Crippen LogP contribution < -0.4 is 5.32 Å². The number of carbonyl (C=O) groups is 2. The van der Waals surface area contributed by atoms with E-state index in [0.29, 0.717) is 12.5 Å². The summed E-state index contributed by atoms with van der Waals surface area (Å²) in [5, 5.41) is 2.64. The molecule has 0 aromatic carbocycles. The van der Waals surface area contributed by atoms with Gasteiger partial charge in [-0.2, -0.15) is 0 Å². The number of nitrogens with one attached hydrogen (secondary N) is 1. The summed E-state index contributed by atoms with van der Waals surface area (Å²) in [7, 11) is 0. The minimum absolute atomic E-state index is 0.0755. The van der Waals surface area contributed by atoms with Crippen LogP contribution in [0.2, 0.25) is 0 Å². The molecule has 19 heavy (non-hydrogen) atoms. The molecule has 2 atom stereocenters. The molecule has 0 aromatic rings. The van der Waals surface area contributed by atoms with Gasteiger partial charge >= 0.3 is 12.1 Å². The van der Waals surface area contributed by atoms with E-state index in [0.717, 1.165) is 12.8 Å². The number of rotatable bonds is 5. The molecule has 1 aliphatic carbocycles. The second-order valence-electron chi connectivity index (χ2n) is 6.07. The van der Waals surface area contributed by atoms with E-state index in [1.807, 2.05) is 6.92 Å². The highest BCUT2D eigenvalue weighted by atomic mass is 16.6. The van der Waals surface area contributed by atoms with Crippen molar-refractivity contribution in [3.8, 4) is 0 Å². The van der Waals surface area contributed by atoms with E-state index in [4.69, 9.17) is 9.47 Å². The highest BCUT2D eigenvalue weighted by Gasteiger charge is 2.39. The van der Waals surface area contributed by atoms with Crippen molar-refractivity contribution in [3.05, 3.63) is 0 Å². The SMILES string of the molecule is CCOC(=O)[C@H](NC(=O)OC(C)(C)C)[C@@H](C)C1CC1. The monoisotopic (exact) mass is 271 g/mol. The average molecular weight is 271 g/mol. The maximum absolute atomic E-state index is 11.9. The first-order valence-electron chi connectivity index (χ1n) is 6.90. The summed E-state index contributed by atoms with van der Waals surface area (Å²) < 4.78 is 10.2. The van der Waals surface area contributed by atoms with Gasteiger partial charge in [0, 0.05) is 0 Å². The van der Waals surface area contributed by atoms with Crippen LogP contribution in [-0.2, 0) is 14.3 Å². The Morgan fingerprint density at radius 1 is 1.32 bits per heavy atom. The summed E-state index contributed by atoms with van der Waals surface area (Å²) in [5.41, 5.74) is -0.577. The predicted molar refractivity (Wildman–Crippen MR) is 71.7 cm³/mol. The number of hydrogen-bond donors (Lipinski definition) is 1. The highest BCUT2D eigenvalue weighted by molar-refractivity contribution is 5.81. The molecule has 0 radical (unpaired) electrons. The van der Waals surface area contributed by atoms with E-state index in [-0.39, 0.29) is 11.9 Å². The number of ether oxygens (including phenoxy) is 2. The molecule has 0 bridgehead atoms. The van der Waals surface area contributed by atoms with Crippen molar-refractivity contribution >= 4 is 12.1 Å². The zero-order valence-corrected chi connectivity index (χ0v) is 12.5. The molecular weight excluding hydrogens is 246 g/mol. The molecule has 1 saturated carbocycles. The van der Waals surface area contributed by atoms with Gasteiger partial charge in [-0.1, -0.05) is 6.92 Å². The summed E-state index contributed by atoms with van der Waals surface area (Å²) in [4.78, 5) is 23.7. The quantitative estimate of drug-likeness (QED) is 0.780. The van der Waals surface area contributed by atoms with Crippen LogP contribution in [0.1, 0.15) is 47.5 Å². The molecule has 110 valence electrons. The third-order valence-electron chi connectivity index (χ3n) is 3.10. The highest BCUT2D eigenvalue weighted by Crippen LogP contribution is 2.38. The van der Waals surface area contributed by atoms with E-state index in [1.54, 1.807) is 27.7 Å². The Morgan fingerprint density at radius 3 is 2.32 bits per heavy atom. The second kappa shape index (κ2) is 6.26. The number of alkyl carbamates (subject to hydrolysis) is 1. The minimum Gasteiger partial charge on any atom is -0.464 e. The van der Waals surface area contributed by atoms with Gasteiger partial charge in [0.25, 0.3) is 0 Å². The number of hydrogen-bond acceptors (Lipinski definition) is 4. The molecule has 0 heterocycles. The molecule has 1 amide bonds. The van der Waals surface area contributed by atoms with E-state index < -0.39 is 17.7 Å². The molecule has 5 heteroatoms. The van der Waals surface area contributed by atoms with E-state index in [1.165, 1.54) is 0 Å². The van der Waals surface area contributed by atoms with Crippen LogP contribution in [0, 0.1) is 11.8 Å². The second-order valence-corrected chi connectivity index (χ2v) is 6.07. The van der Waals surface area contributed by atoms with Crippen LogP contribution in [0.4, 0.5) is 4.79 Å². The van der Waals surface area contributed by atoms with Gasteiger partial charge in [0.2, 0.25) is 0 Å². The van der Waals surface area contributed by atoms with Crippen molar-refractivity contribution in [2.24, 2.45) is 11.8 Å². The molecule has 1 N–H and O–H groups in total. The third kappa shape index (κ3) is 5.49. The lowest BCUT2D eigenvalue weighted by molar-refractivity contribution is -0.147. The zero-order chi connectivity index (χ0) is 14.6. The van der Waals surface area contributed by atoms with Gasteiger partial charge < -0.3 is 14.8 Å². The van der Waals surface area contributed by atoms with Gasteiger partial charge in [-0.05, 0) is 52.4 Å². The van der Waals surface area contributed by atoms with Crippen molar-refractivity contribution in [2.75, 3.05) is 6.61 Å². The van der Waals surface area contributed by atoms with Gasteiger partial charge in [-0.15, -0.1) is 0 Å². The predicted octanol–water partition coefficient (Wildman–Crippen LogP) is 2.49. The van der Waals surface area contributed by atoms with Gasteiger partial charge in [0.1, 0.15) is 11.6 Å². The summed E-state index contributed by atoms with van der Waals surface area (Å²) in [6, 6.07) is -0.623. The largest absolute Gasteiger partial charge is 0.464 e. The molecule has 0 unspecified atom stereocenters. The first-order valence-corrected chi connectivity index (χ1v) is 6.90. The standard InChI is InChI=1S/C14H25NO4/c1-6-18-12(16)11(9(2)10-7-8-10)15-13(17)19-14(3,4)5/h9-11H,6-8H2,1-5H3,(H,15,17)/t9-,11+/m0/s1. The summed E-state index contributed by atoms with van der Waals surface area (Å²) in [6.07, 6.45) is 1.64. The fraction of sp³-hybridized carbons (Fsp3) is 0.857. The van der Waals surface area contributed by atoms with Crippen LogP contribution in [-0.4, -0.2) is 30.3 Å². The van der Waals surface area contributed by atoms with Gasteiger partial charge in [-0.3, -0.25) is 0 Å². The molecule has 0 aliphatic heterocycles. The van der Waals surface area contributed by atoms with Crippen molar-refractivity contribution in [1.82, 2.24) is 5.32 Å². The number of carbonyl (C=O) groups excluding carboxylic acids is 2. The van der Waals surface area contributed by atoms with Gasteiger partial charge in [0.15, 0.2) is 0 Å². The molecule has 1 aliphatic rings. The molecule has 1 fully saturated rings. The lowest BCUT2D eigenvalue weighted by Crippen LogP contribution is -2.48. The molecule has 0 spiro atoms. The van der Waals surface area contributed by atoms with Crippen LogP contribution in [0.15, 0.2) is 0 Å². The summed E-state index contributed by atoms with van der Waals surface area (Å²) >= 11 is 0. The zero-order valence-electron chi connectivity index (χ0n) is 12.5. The normalized spacial score (nSPS) is 18.4. The minimum atomic E-state index is -0.623. The summed E-state index contributed by atoms with van der Waals surface area (Å²) in [6.45, 7) is 9.40. The Bertz CT molecular complexity index is 331. The smallest absolute Gasteiger partial charge is 0.408 e. The first kappa shape index (κ1) is 15.8. The van der Waals surface area contributed by atoms with Crippen molar-refractivity contribution in [3.63, 3.8) is 0 Å². The van der Waals surface area contributed by atoms with Crippen LogP contribution in [0.25, 0.3) is 0 Å². The maximum atomic E-state index is 11.9. The fourth-order valence-corrected chi connectivity index (χ4v) is 1.97. The van der Waals surface area contributed by atoms with E-state index in [9.17, 15) is 9.59 Å². The maximum Gasteiger partial charge on any atom is 0.408 e.